The monoisotopic (exact) mass is 395 g/mol. The van der Waals surface area contributed by atoms with E-state index in [4.69, 9.17) is 28.6 Å². The lowest BCUT2D eigenvalue weighted by molar-refractivity contribution is -0.127. The molecule has 0 fully saturated rings. The average molecular weight is 396 g/mol. The summed E-state index contributed by atoms with van der Waals surface area (Å²) >= 11 is 11.1. The van der Waals surface area contributed by atoms with E-state index >= 15 is 0 Å². The van der Waals surface area contributed by atoms with E-state index < -0.39 is 12.0 Å². The first-order valence-electron chi connectivity index (χ1n) is 7.82. The van der Waals surface area contributed by atoms with Crippen LogP contribution in [0.2, 0.25) is 5.02 Å². The first-order chi connectivity index (χ1) is 12.3. The molecule has 0 saturated heterocycles. The van der Waals surface area contributed by atoms with Gasteiger partial charge in [-0.25, -0.2) is 4.39 Å². The van der Waals surface area contributed by atoms with Crippen molar-refractivity contribution in [2.45, 2.75) is 26.9 Å². The van der Waals surface area contributed by atoms with Crippen LogP contribution in [-0.4, -0.2) is 17.1 Å². The summed E-state index contributed by atoms with van der Waals surface area (Å²) in [5, 5.41) is 3.60. The highest BCUT2D eigenvalue weighted by Crippen LogP contribution is 2.27. The Morgan fingerprint density at radius 3 is 2.31 bits per heavy atom. The first kappa shape index (κ1) is 19.9. The van der Waals surface area contributed by atoms with Crippen LogP contribution >= 0.6 is 23.8 Å². The number of anilines is 1. The third-order valence-corrected chi connectivity index (χ3v) is 3.91. The van der Waals surface area contributed by atoms with Gasteiger partial charge in [0.25, 0.3) is 5.91 Å². The number of hydrogen-bond acceptors (Lipinski definition) is 3. The Morgan fingerprint density at radius 2 is 1.73 bits per heavy atom. The molecule has 2 aromatic rings. The van der Waals surface area contributed by atoms with Crippen LogP contribution in [0.4, 0.5) is 10.1 Å². The van der Waals surface area contributed by atoms with E-state index in [0.717, 1.165) is 11.1 Å². The van der Waals surface area contributed by atoms with Gasteiger partial charge >= 0.3 is 0 Å². The summed E-state index contributed by atoms with van der Waals surface area (Å²) < 4.78 is 18.6. The van der Waals surface area contributed by atoms with Crippen molar-refractivity contribution in [1.82, 2.24) is 10.9 Å². The van der Waals surface area contributed by atoms with Crippen LogP contribution in [0.5, 0.6) is 5.75 Å². The number of amides is 1. The van der Waals surface area contributed by atoms with Gasteiger partial charge in [0.05, 0.1) is 0 Å². The van der Waals surface area contributed by atoms with Crippen LogP contribution in [0, 0.1) is 19.7 Å². The molecule has 0 aromatic heterocycles. The van der Waals surface area contributed by atoms with Crippen LogP contribution in [0.15, 0.2) is 36.4 Å². The molecule has 1 amide bonds. The van der Waals surface area contributed by atoms with Gasteiger partial charge in [-0.3, -0.25) is 15.6 Å². The number of ether oxygens (including phenoxy) is 1. The van der Waals surface area contributed by atoms with Crippen molar-refractivity contribution >= 4 is 40.5 Å². The van der Waals surface area contributed by atoms with Crippen molar-refractivity contribution in [3.8, 4) is 5.75 Å². The minimum Gasteiger partial charge on any atom is -0.480 e. The molecule has 0 aliphatic carbocycles. The van der Waals surface area contributed by atoms with Gasteiger partial charge in [0, 0.05) is 10.7 Å². The molecular weight excluding hydrogens is 377 g/mol. The highest BCUT2D eigenvalue weighted by atomic mass is 35.5. The van der Waals surface area contributed by atoms with E-state index in [1.54, 1.807) is 19.1 Å². The van der Waals surface area contributed by atoms with Gasteiger partial charge in [-0.1, -0.05) is 11.6 Å². The average Bonchev–Trinajstić information content (AvgIpc) is 2.57. The summed E-state index contributed by atoms with van der Waals surface area (Å²) in [5.41, 5.74) is 7.32. The van der Waals surface area contributed by atoms with Crippen molar-refractivity contribution in [3.05, 3.63) is 58.4 Å². The standard InChI is InChI=1S/C18H19ClFN3O2S/c1-10-8-13(19)9-11(2)16(10)25-12(3)17(24)22-23-18(26)21-15-6-4-14(20)5-7-15/h4-9,12H,1-3H3,(H,22,24)(H2,21,23,26)/t12-/m1/s1. The highest BCUT2D eigenvalue weighted by Gasteiger charge is 2.17. The summed E-state index contributed by atoms with van der Waals surface area (Å²) in [6.45, 7) is 5.35. The smallest absolute Gasteiger partial charge is 0.279 e. The number of carbonyl (C=O) groups is 1. The Bertz CT molecular complexity index is 792. The Balaban J connectivity index is 1.87. The maximum absolute atomic E-state index is 12.9. The Morgan fingerprint density at radius 1 is 1.15 bits per heavy atom. The molecule has 138 valence electrons. The van der Waals surface area contributed by atoms with E-state index in [-0.39, 0.29) is 10.9 Å². The van der Waals surface area contributed by atoms with Gasteiger partial charge in [-0.05, 0) is 80.5 Å². The Labute approximate surface area is 161 Å². The number of carbonyl (C=O) groups excluding carboxylic acids is 1. The third-order valence-electron chi connectivity index (χ3n) is 3.49. The zero-order valence-corrected chi connectivity index (χ0v) is 16.1. The molecule has 2 aromatic carbocycles. The Kier molecular flexibility index (Phi) is 6.76. The number of rotatable bonds is 4. The second kappa shape index (κ2) is 8.82. The lowest BCUT2D eigenvalue weighted by atomic mass is 10.1. The second-order valence-corrected chi connectivity index (χ2v) is 6.55. The molecule has 0 spiro atoms. The van der Waals surface area contributed by atoms with Gasteiger partial charge < -0.3 is 10.1 Å². The van der Waals surface area contributed by atoms with Crippen molar-refractivity contribution < 1.29 is 13.9 Å². The number of aryl methyl sites for hydroxylation is 2. The molecule has 3 N–H and O–H groups in total. The van der Waals surface area contributed by atoms with Gasteiger partial charge in [-0.15, -0.1) is 0 Å². The minimum absolute atomic E-state index is 0.163. The molecule has 5 nitrogen and oxygen atoms in total. The summed E-state index contributed by atoms with van der Waals surface area (Å²) in [6, 6.07) is 9.21. The molecule has 0 saturated carbocycles. The number of thiocarbonyl (C=S) groups is 1. The van der Waals surface area contributed by atoms with Crippen molar-refractivity contribution in [2.75, 3.05) is 5.32 Å². The van der Waals surface area contributed by atoms with Crippen molar-refractivity contribution in [3.63, 3.8) is 0 Å². The molecule has 0 aliphatic heterocycles. The predicted molar refractivity (Wildman–Crippen MR) is 105 cm³/mol. The molecule has 8 heteroatoms. The van der Waals surface area contributed by atoms with Crippen molar-refractivity contribution in [2.24, 2.45) is 0 Å². The lowest BCUT2D eigenvalue weighted by Crippen LogP contribution is -2.48. The summed E-state index contributed by atoms with van der Waals surface area (Å²) in [4.78, 5) is 12.2. The Hall–Kier alpha value is -2.38. The number of hydrazine groups is 1. The highest BCUT2D eigenvalue weighted by molar-refractivity contribution is 7.80. The van der Waals surface area contributed by atoms with Crippen LogP contribution in [-0.2, 0) is 4.79 Å². The van der Waals surface area contributed by atoms with Crippen LogP contribution in [0.3, 0.4) is 0 Å². The first-order valence-corrected chi connectivity index (χ1v) is 8.60. The van der Waals surface area contributed by atoms with Crippen LogP contribution < -0.4 is 20.9 Å². The molecule has 0 unspecified atom stereocenters. The van der Waals surface area contributed by atoms with Gasteiger partial charge in [0.2, 0.25) is 0 Å². The quantitative estimate of drug-likeness (QED) is 0.541. The van der Waals surface area contributed by atoms with E-state index in [9.17, 15) is 9.18 Å². The molecule has 0 heterocycles. The van der Waals surface area contributed by atoms with E-state index in [1.165, 1.54) is 24.3 Å². The number of hydrogen-bond donors (Lipinski definition) is 3. The fourth-order valence-corrected chi connectivity index (χ4v) is 2.73. The molecule has 1 atom stereocenters. The van der Waals surface area contributed by atoms with Crippen LogP contribution in [0.25, 0.3) is 0 Å². The fourth-order valence-electron chi connectivity index (χ4n) is 2.23. The second-order valence-electron chi connectivity index (χ2n) is 5.70. The molecule has 26 heavy (non-hydrogen) atoms. The van der Waals surface area contributed by atoms with E-state index in [0.29, 0.717) is 16.5 Å². The summed E-state index contributed by atoms with van der Waals surface area (Å²) in [5.74, 6) is -0.132. The lowest BCUT2D eigenvalue weighted by Gasteiger charge is -2.19. The third kappa shape index (κ3) is 5.57. The largest absolute Gasteiger partial charge is 0.480 e. The molecule has 2 rings (SSSR count). The number of halogens is 2. The minimum atomic E-state index is -0.755. The SMILES string of the molecule is Cc1cc(Cl)cc(C)c1O[C@H](C)C(=O)NNC(=S)Nc1ccc(F)cc1. The zero-order chi connectivity index (χ0) is 19.3. The van der Waals surface area contributed by atoms with E-state index in [1.807, 2.05) is 13.8 Å². The topological polar surface area (TPSA) is 62.4 Å². The molecule has 0 aliphatic rings. The van der Waals surface area contributed by atoms with Gasteiger partial charge in [-0.2, -0.15) is 0 Å². The maximum Gasteiger partial charge on any atom is 0.279 e. The normalized spacial score (nSPS) is 11.4. The fraction of sp³-hybridized carbons (Fsp3) is 0.222. The van der Waals surface area contributed by atoms with Gasteiger partial charge in [0.1, 0.15) is 11.6 Å². The van der Waals surface area contributed by atoms with E-state index in [2.05, 4.69) is 16.2 Å². The number of benzene rings is 2. The summed E-state index contributed by atoms with van der Waals surface area (Å²) in [6.07, 6.45) is -0.755. The maximum atomic E-state index is 12.9. The van der Waals surface area contributed by atoms with Gasteiger partial charge in [0.15, 0.2) is 11.2 Å². The molecule has 0 radical (unpaired) electrons. The van der Waals surface area contributed by atoms with Crippen molar-refractivity contribution in [1.29, 1.82) is 0 Å². The summed E-state index contributed by atoms with van der Waals surface area (Å²) in [7, 11) is 0. The van der Waals surface area contributed by atoms with Crippen LogP contribution in [0.1, 0.15) is 18.1 Å². The molecular formula is C18H19ClFN3O2S. The zero-order valence-electron chi connectivity index (χ0n) is 14.5. The number of nitrogens with one attached hydrogen (secondary N) is 3. The molecule has 0 bridgehead atoms. The predicted octanol–water partition coefficient (Wildman–Crippen LogP) is 3.88.